The molecule has 1 atom stereocenters. The van der Waals surface area contributed by atoms with Gasteiger partial charge in [-0.15, -0.1) is 0 Å². The molecule has 0 bridgehead atoms. The number of carbonyl (C=O) groups is 2. The smallest absolute Gasteiger partial charge is 0.456 e. The molecule has 0 spiro atoms. The predicted octanol–water partition coefficient (Wildman–Crippen LogP) is 2.89. The molecular formula is C18H18N2O7. The van der Waals surface area contributed by atoms with Crippen molar-refractivity contribution in [2.24, 2.45) is 0 Å². The van der Waals surface area contributed by atoms with Crippen molar-refractivity contribution in [1.82, 2.24) is 5.32 Å². The van der Waals surface area contributed by atoms with Crippen molar-refractivity contribution in [2.75, 3.05) is 6.61 Å². The number of cyclic esters (lactones) is 1. The van der Waals surface area contributed by atoms with Gasteiger partial charge in [0.25, 0.3) is 5.69 Å². The number of nitrogens with zero attached hydrogens (tertiary/aromatic N) is 1. The van der Waals surface area contributed by atoms with E-state index in [0.717, 1.165) is 0 Å². The maximum absolute atomic E-state index is 12.3. The van der Waals surface area contributed by atoms with Gasteiger partial charge in [0.05, 0.1) is 33.9 Å². The summed E-state index contributed by atoms with van der Waals surface area (Å²) in [7, 11) is 0. The van der Waals surface area contributed by atoms with Crippen LogP contribution in [0.2, 0.25) is 0 Å². The van der Waals surface area contributed by atoms with Crippen LogP contribution in [0.1, 0.15) is 32.3 Å². The molecule has 1 unspecified atom stereocenters. The summed E-state index contributed by atoms with van der Waals surface area (Å²) in [5.41, 5.74) is 1.58. The number of hydrogen-bond donors (Lipinski definition) is 1. The molecule has 2 aliphatic heterocycles. The van der Waals surface area contributed by atoms with Crippen molar-refractivity contribution in [2.45, 2.75) is 32.8 Å². The minimum absolute atomic E-state index is 0.0562. The summed E-state index contributed by atoms with van der Waals surface area (Å²) in [4.78, 5) is 34.9. The third kappa shape index (κ3) is 3.62. The first-order valence-corrected chi connectivity index (χ1v) is 8.28. The number of nitro benzene ring substituents is 1. The molecule has 0 fully saturated rings. The van der Waals surface area contributed by atoms with Gasteiger partial charge in [-0.1, -0.05) is 12.1 Å². The Hall–Kier alpha value is -3.36. The Kier molecular flexibility index (Phi) is 4.85. The monoisotopic (exact) mass is 374 g/mol. The Morgan fingerprint density at radius 1 is 1.41 bits per heavy atom. The Morgan fingerprint density at radius 2 is 2.15 bits per heavy atom. The lowest BCUT2D eigenvalue weighted by molar-refractivity contribution is -0.384. The van der Waals surface area contributed by atoms with E-state index in [1.807, 2.05) is 0 Å². The van der Waals surface area contributed by atoms with Gasteiger partial charge in [0.2, 0.25) is 0 Å². The zero-order valence-electron chi connectivity index (χ0n) is 15.0. The van der Waals surface area contributed by atoms with Crippen LogP contribution in [-0.4, -0.2) is 29.8 Å². The molecule has 0 aromatic heterocycles. The molecule has 9 nitrogen and oxygen atoms in total. The number of esters is 1. The molecule has 9 heteroatoms. The summed E-state index contributed by atoms with van der Waals surface area (Å²) in [6.07, 6.45) is -1.32. The van der Waals surface area contributed by atoms with E-state index in [0.29, 0.717) is 17.0 Å². The molecule has 142 valence electrons. The minimum atomic E-state index is -0.924. The highest BCUT2D eigenvalue weighted by Gasteiger charge is 2.41. The van der Waals surface area contributed by atoms with Crippen LogP contribution in [-0.2, 0) is 19.0 Å². The number of carbonyl (C=O) groups excluding carboxylic acids is 2. The normalized spacial score (nSPS) is 18.8. The van der Waals surface area contributed by atoms with Crippen molar-refractivity contribution in [3.05, 3.63) is 62.7 Å². The fourth-order valence-electron chi connectivity index (χ4n) is 3.03. The molecule has 0 amide bonds. The van der Waals surface area contributed by atoms with E-state index < -0.39 is 29.1 Å². The number of rotatable bonds is 4. The van der Waals surface area contributed by atoms with E-state index in [1.54, 1.807) is 26.8 Å². The van der Waals surface area contributed by atoms with Crippen LogP contribution in [0.3, 0.4) is 0 Å². The van der Waals surface area contributed by atoms with E-state index in [-0.39, 0.29) is 23.6 Å². The van der Waals surface area contributed by atoms with Crippen molar-refractivity contribution in [3.63, 3.8) is 0 Å². The van der Waals surface area contributed by atoms with Crippen molar-refractivity contribution < 1.29 is 28.7 Å². The maximum Gasteiger partial charge on any atom is 0.513 e. The fourth-order valence-corrected chi connectivity index (χ4v) is 3.03. The van der Waals surface area contributed by atoms with Crippen molar-refractivity contribution >= 4 is 17.8 Å². The molecule has 27 heavy (non-hydrogen) atoms. The molecule has 2 heterocycles. The molecule has 0 aliphatic carbocycles. The molecule has 0 radical (unpaired) electrons. The number of nitrogens with one attached hydrogen (secondary N) is 1. The Labute approximate surface area is 154 Å². The predicted molar refractivity (Wildman–Crippen MR) is 92.4 cm³/mol. The second kappa shape index (κ2) is 7.10. The van der Waals surface area contributed by atoms with Crippen LogP contribution in [0, 0.1) is 10.1 Å². The van der Waals surface area contributed by atoms with Crippen molar-refractivity contribution in [1.29, 1.82) is 0 Å². The summed E-state index contributed by atoms with van der Waals surface area (Å²) in [5.74, 6) is -1.26. The third-order valence-electron chi connectivity index (χ3n) is 4.09. The first-order chi connectivity index (χ1) is 12.8. The van der Waals surface area contributed by atoms with Gasteiger partial charge in [-0.05, 0) is 26.3 Å². The zero-order valence-corrected chi connectivity index (χ0v) is 15.0. The lowest BCUT2D eigenvalue weighted by atomic mass is 9.85. The average molecular weight is 374 g/mol. The van der Waals surface area contributed by atoms with Crippen LogP contribution >= 0.6 is 0 Å². The summed E-state index contributed by atoms with van der Waals surface area (Å²) >= 11 is 0. The van der Waals surface area contributed by atoms with Gasteiger partial charge < -0.3 is 19.5 Å². The Morgan fingerprint density at radius 3 is 2.81 bits per heavy atom. The highest BCUT2D eigenvalue weighted by molar-refractivity contribution is 5.95. The van der Waals surface area contributed by atoms with Crippen LogP contribution in [0.5, 0.6) is 0 Å². The standard InChI is InChI=1S/C18H18N2O7/c1-9(2)26-18(22)27-16-10(3)19-13-8-25-17(21)15(13)14(16)11-5-4-6-12(7-11)20(23)24/h4-7,9,14,19H,8H2,1-3H3. The van der Waals surface area contributed by atoms with Gasteiger partial charge in [0, 0.05) is 12.1 Å². The second-order valence-electron chi connectivity index (χ2n) is 6.39. The van der Waals surface area contributed by atoms with Crippen molar-refractivity contribution in [3.8, 4) is 0 Å². The van der Waals surface area contributed by atoms with Crippen LogP contribution < -0.4 is 5.32 Å². The molecule has 1 N–H and O–H groups in total. The highest BCUT2D eigenvalue weighted by atomic mass is 16.7. The van der Waals surface area contributed by atoms with E-state index >= 15 is 0 Å². The summed E-state index contributed by atoms with van der Waals surface area (Å²) in [6, 6.07) is 5.83. The van der Waals surface area contributed by atoms with Gasteiger partial charge in [-0.25, -0.2) is 9.59 Å². The number of allylic oxidation sites excluding steroid dienone is 2. The van der Waals surface area contributed by atoms with Gasteiger partial charge >= 0.3 is 12.1 Å². The number of non-ortho nitro benzene ring substituents is 1. The maximum atomic E-state index is 12.3. The lowest BCUT2D eigenvalue weighted by Crippen LogP contribution is -2.28. The SMILES string of the molecule is CC1=C(OC(=O)OC(C)C)C(c2cccc([N+](=O)[O-])c2)C2=C(COC2=O)N1. The third-order valence-corrected chi connectivity index (χ3v) is 4.09. The molecule has 1 aromatic rings. The minimum Gasteiger partial charge on any atom is -0.456 e. The fraction of sp³-hybridized carbons (Fsp3) is 0.333. The van der Waals surface area contributed by atoms with Gasteiger partial charge in [-0.3, -0.25) is 10.1 Å². The molecular weight excluding hydrogens is 356 g/mol. The van der Waals surface area contributed by atoms with E-state index in [1.165, 1.54) is 18.2 Å². The number of hydrogen-bond acceptors (Lipinski definition) is 8. The van der Waals surface area contributed by atoms with E-state index in [2.05, 4.69) is 5.32 Å². The number of ether oxygens (including phenoxy) is 3. The molecule has 0 saturated carbocycles. The highest BCUT2D eigenvalue weighted by Crippen LogP contribution is 2.42. The number of dihydropyridines is 1. The van der Waals surface area contributed by atoms with Crippen LogP contribution in [0.15, 0.2) is 47.0 Å². The first kappa shape index (κ1) is 18.4. The van der Waals surface area contributed by atoms with Crippen LogP contribution in [0.4, 0.5) is 10.5 Å². The Balaban J connectivity index is 2.06. The molecule has 3 rings (SSSR count). The largest absolute Gasteiger partial charge is 0.513 e. The zero-order chi connectivity index (χ0) is 19.7. The van der Waals surface area contributed by atoms with Crippen LogP contribution in [0.25, 0.3) is 0 Å². The quantitative estimate of drug-likeness (QED) is 0.486. The van der Waals surface area contributed by atoms with E-state index in [9.17, 15) is 19.7 Å². The first-order valence-electron chi connectivity index (χ1n) is 8.28. The number of nitro groups is 1. The van der Waals surface area contributed by atoms with Gasteiger partial charge in [0.15, 0.2) is 0 Å². The topological polar surface area (TPSA) is 117 Å². The van der Waals surface area contributed by atoms with Gasteiger partial charge in [0.1, 0.15) is 12.4 Å². The number of benzene rings is 1. The van der Waals surface area contributed by atoms with E-state index in [4.69, 9.17) is 14.2 Å². The summed E-state index contributed by atoms with van der Waals surface area (Å²) in [6.45, 7) is 5.08. The second-order valence-corrected chi connectivity index (χ2v) is 6.39. The molecule has 0 saturated heterocycles. The summed E-state index contributed by atoms with van der Waals surface area (Å²) < 4.78 is 15.5. The molecule has 2 aliphatic rings. The molecule has 1 aromatic carbocycles. The summed E-state index contributed by atoms with van der Waals surface area (Å²) in [5, 5.41) is 14.1. The lowest BCUT2D eigenvalue weighted by Gasteiger charge is -2.27. The Bertz CT molecular complexity index is 885. The van der Waals surface area contributed by atoms with Gasteiger partial charge in [-0.2, -0.15) is 0 Å². The average Bonchev–Trinajstić information content (AvgIpc) is 2.95.